The number of hydrogen-bond donors (Lipinski definition) is 2. The summed E-state index contributed by atoms with van der Waals surface area (Å²) in [5.74, 6) is -0.944. The maximum absolute atomic E-state index is 11.0. The summed E-state index contributed by atoms with van der Waals surface area (Å²) >= 11 is 0. The Morgan fingerprint density at radius 3 is 2.50 bits per heavy atom. The summed E-state index contributed by atoms with van der Waals surface area (Å²) in [6.07, 6.45) is 0. The largest absolute Gasteiger partial charge is 0.497 e. The molecule has 0 unspecified atom stereocenters. The third kappa shape index (κ3) is 2.53. The molecule has 5 nitrogen and oxygen atoms in total. The first-order valence-corrected chi connectivity index (χ1v) is 4.65. The molecule has 0 saturated carbocycles. The minimum Gasteiger partial charge on any atom is -0.497 e. The fourth-order valence-corrected chi connectivity index (χ4v) is 1.38. The van der Waals surface area contributed by atoms with E-state index in [9.17, 15) is 9.59 Å². The number of benzene rings is 1. The number of methoxy groups -OCH3 is 1. The van der Waals surface area contributed by atoms with Crippen molar-refractivity contribution in [2.24, 2.45) is 0 Å². The maximum atomic E-state index is 11.0. The number of rotatable bonds is 3. The number of amides is 1. The molecule has 0 fully saturated rings. The molecule has 0 spiro atoms. The summed E-state index contributed by atoms with van der Waals surface area (Å²) < 4.78 is 5.02. The van der Waals surface area contributed by atoms with Gasteiger partial charge in [-0.2, -0.15) is 0 Å². The van der Waals surface area contributed by atoms with Crippen LogP contribution >= 0.6 is 0 Å². The molecule has 0 saturated heterocycles. The van der Waals surface area contributed by atoms with Crippen molar-refractivity contribution in [3.05, 3.63) is 17.7 Å². The zero-order valence-electron chi connectivity index (χ0n) is 9.33. The first kappa shape index (κ1) is 12.1. The molecule has 16 heavy (non-hydrogen) atoms. The SMILES string of the molecule is Bc1cc(NC(C)=O)c(C(=O)O)cc1OC. The summed E-state index contributed by atoms with van der Waals surface area (Å²) in [4.78, 5) is 21.9. The minimum absolute atomic E-state index is 0.0117. The highest BCUT2D eigenvalue weighted by atomic mass is 16.5. The van der Waals surface area contributed by atoms with Crippen molar-refractivity contribution in [3.63, 3.8) is 0 Å². The first-order valence-electron chi connectivity index (χ1n) is 4.65. The van der Waals surface area contributed by atoms with E-state index in [0.717, 1.165) is 5.46 Å². The Labute approximate surface area is 93.8 Å². The second-order valence-electron chi connectivity index (χ2n) is 3.35. The average molecular weight is 221 g/mol. The number of hydrogen-bond acceptors (Lipinski definition) is 3. The number of carbonyl (C=O) groups is 2. The molecule has 6 heteroatoms. The van der Waals surface area contributed by atoms with Gasteiger partial charge in [-0.15, -0.1) is 0 Å². The van der Waals surface area contributed by atoms with Crippen LogP contribution in [0.2, 0.25) is 0 Å². The van der Waals surface area contributed by atoms with Crippen LogP contribution in [0.5, 0.6) is 5.75 Å². The van der Waals surface area contributed by atoms with Crippen molar-refractivity contribution >= 4 is 30.9 Å². The zero-order chi connectivity index (χ0) is 12.3. The number of ether oxygens (including phenoxy) is 1. The monoisotopic (exact) mass is 221 g/mol. The van der Waals surface area contributed by atoms with E-state index in [1.54, 1.807) is 13.9 Å². The van der Waals surface area contributed by atoms with E-state index in [4.69, 9.17) is 9.84 Å². The zero-order valence-corrected chi connectivity index (χ0v) is 9.33. The van der Waals surface area contributed by atoms with E-state index in [1.807, 2.05) is 0 Å². The fourth-order valence-electron chi connectivity index (χ4n) is 1.38. The predicted molar refractivity (Wildman–Crippen MR) is 62.4 cm³/mol. The Bertz CT molecular complexity index is 445. The molecule has 0 aliphatic carbocycles. The summed E-state index contributed by atoms with van der Waals surface area (Å²) in [5.41, 5.74) is 1.05. The van der Waals surface area contributed by atoms with E-state index in [1.165, 1.54) is 20.1 Å². The Morgan fingerprint density at radius 1 is 1.44 bits per heavy atom. The van der Waals surface area contributed by atoms with Crippen molar-refractivity contribution in [2.45, 2.75) is 6.92 Å². The van der Waals surface area contributed by atoms with Crippen LogP contribution in [0, 0.1) is 0 Å². The van der Waals surface area contributed by atoms with Gasteiger partial charge >= 0.3 is 5.97 Å². The number of carboxylic acid groups (broad SMARTS) is 1. The summed E-state index contributed by atoms with van der Waals surface area (Å²) in [7, 11) is 3.24. The van der Waals surface area contributed by atoms with E-state index >= 15 is 0 Å². The van der Waals surface area contributed by atoms with Crippen LogP contribution in [-0.2, 0) is 4.79 Å². The highest BCUT2D eigenvalue weighted by Gasteiger charge is 2.14. The average Bonchev–Trinajstić information content (AvgIpc) is 2.16. The van der Waals surface area contributed by atoms with Gasteiger partial charge in [-0.05, 0) is 17.6 Å². The topological polar surface area (TPSA) is 75.6 Å². The van der Waals surface area contributed by atoms with Crippen molar-refractivity contribution in [2.75, 3.05) is 12.4 Å². The Morgan fingerprint density at radius 2 is 2.06 bits per heavy atom. The summed E-state index contributed by atoms with van der Waals surface area (Å²) in [6.45, 7) is 1.32. The molecule has 84 valence electrons. The lowest BCUT2D eigenvalue weighted by Crippen LogP contribution is -2.16. The smallest absolute Gasteiger partial charge is 0.337 e. The van der Waals surface area contributed by atoms with Crippen LogP contribution in [0.4, 0.5) is 5.69 Å². The van der Waals surface area contributed by atoms with E-state index in [-0.39, 0.29) is 17.2 Å². The minimum atomic E-state index is -1.11. The van der Waals surface area contributed by atoms with Gasteiger partial charge in [-0.3, -0.25) is 4.79 Å². The fraction of sp³-hybridized carbons (Fsp3) is 0.200. The van der Waals surface area contributed by atoms with E-state index in [0.29, 0.717) is 5.75 Å². The van der Waals surface area contributed by atoms with Gasteiger partial charge in [0.1, 0.15) is 13.6 Å². The Kier molecular flexibility index (Phi) is 3.55. The molecule has 2 N–H and O–H groups in total. The molecule has 1 amide bonds. The molecule has 0 heterocycles. The highest BCUT2D eigenvalue weighted by Crippen LogP contribution is 2.19. The quantitative estimate of drug-likeness (QED) is 0.681. The van der Waals surface area contributed by atoms with Crippen molar-refractivity contribution in [1.29, 1.82) is 0 Å². The third-order valence-electron chi connectivity index (χ3n) is 2.08. The van der Waals surface area contributed by atoms with Gasteiger partial charge in [-0.25, -0.2) is 4.79 Å². The summed E-state index contributed by atoms with van der Waals surface area (Å²) in [6, 6.07) is 2.96. The molecule has 0 aliphatic heterocycles. The molecule has 0 bridgehead atoms. The summed E-state index contributed by atoms with van der Waals surface area (Å²) in [5, 5.41) is 11.5. The first-order chi connectivity index (χ1) is 7.45. The van der Waals surface area contributed by atoms with E-state index < -0.39 is 5.97 Å². The van der Waals surface area contributed by atoms with Crippen molar-refractivity contribution in [1.82, 2.24) is 0 Å². The highest BCUT2D eigenvalue weighted by molar-refractivity contribution is 6.35. The van der Waals surface area contributed by atoms with Crippen LogP contribution in [-0.4, -0.2) is 31.9 Å². The number of carbonyl (C=O) groups excluding carboxylic acids is 1. The van der Waals surface area contributed by atoms with Crippen LogP contribution in [0.1, 0.15) is 17.3 Å². The normalized spacial score (nSPS) is 9.62. The lowest BCUT2D eigenvalue weighted by atomic mass is 9.92. The van der Waals surface area contributed by atoms with Crippen molar-refractivity contribution in [3.8, 4) is 5.75 Å². The molecule has 0 atom stereocenters. The standard InChI is InChI=1S/C10H12BNO4/c1-5(13)12-8-4-7(11)9(16-2)3-6(8)10(14)15/h3-4H,11H2,1-2H3,(H,12,13)(H,14,15). The third-order valence-corrected chi connectivity index (χ3v) is 2.08. The number of carboxylic acids is 1. The van der Waals surface area contributed by atoms with Gasteiger partial charge in [-0.1, -0.05) is 0 Å². The second-order valence-corrected chi connectivity index (χ2v) is 3.35. The van der Waals surface area contributed by atoms with Crippen LogP contribution in [0.3, 0.4) is 0 Å². The molecular formula is C10H12BNO4. The lowest BCUT2D eigenvalue weighted by molar-refractivity contribution is -0.114. The van der Waals surface area contributed by atoms with Gasteiger partial charge in [0.05, 0.1) is 18.4 Å². The van der Waals surface area contributed by atoms with Gasteiger partial charge < -0.3 is 15.2 Å². The predicted octanol–water partition coefficient (Wildman–Crippen LogP) is -0.390. The van der Waals surface area contributed by atoms with Crippen LogP contribution in [0.25, 0.3) is 0 Å². The number of aromatic carboxylic acids is 1. The van der Waals surface area contributed by atoms with Gasteiger partial charge in [0.25, 0.3) is 0 Å². The van der Waals surface area contributed by atoms with Crippen LogP contribution < -0.4 is 15.5 Å². The number of nitrogens with one attached hydrogen (secondary N) is 1. The molecular weight excluding hydrogens is 209 g/mol. The van der Waals surface area contributed by atoms with E-state index in [2.05, 4.69) is 5.32 Å². The molecule has 0 aliphatic rings. The van der Waals surface area contributed by atoms with Gasteiger partial charge in [0.2, 0.25) is 5.91 Å². The van der Waals surface area contributed by atoms with Gasteiger partial charge in [0.15, 0.2) is 0 Å². The molecule has 1 aromatic rings. The Hall–Kier alpha value is -1.98. The molecule has 0 aromatic heterocycles. The van der Waals surface area contributed by atoms with Crippen LogP contribution in [0.15, 0.2) is 12.1 Å². The number of anilines is 1. The second kappa shape index (κ2) is 4.70. The Balaban J connectivity index is 3.30. The lowest BCUT2D eigenvalue weighted by Gasteiger charge is -2.11. The maximum Gasteiger partial charge on any atom is 0.337 e. The van der Waals surface area contributed by atoms with Gasteiger partial charge in [0, 0.05) is 6.92 Å². The van der Waals surface area contributed by atoms with Crippen molar-refractivity contribution < 1.29 is 19.4 Å². The molecule has 0 radical (unpaired) electrons. The molecule has 1 rings (SSSR count). The molecule has 1 aromatic carbocycles.